The number of carbonyl (C=O) groups is 1. The van der Waals surface area contributed by atoms with Crippen LogP contribution in [0.2, 0.25) is 5.02 Å². The van der Waals surface area contributed by atoms with Crippen molar-refractivity contribution in [1.82, 2.24) is 14.5 Å². The fourth-order valence-corrected chi connectivity index (χ4v) is 5.68. The largest absolute Gasteiger partial charge is 0.459 e. The van der Waals surface area contributed by atoms with Crippen LogP contribution in [-0.4, -0.2) is 26.6 Å². The lowest BCUT2D eigenvalue weighted by molar-refractivity contribution is -0.143. The monoisotopic (exact) mass is 552 g/mol. The van der Waals surface area contributed by atoms with Crippen LogP contribution < -0.4 is 14.9 Å². The number of esters is 1. The maximum absolute atomic E-state index is 13.7. The van der Waals surface area contributed by atoms with E-state index >= 15 is 0 Å². The van der Waals surface area contributed by atoms with Crippen LogP contribution in [0.4, 0.5) is 0 Å². The Bertz CT molecular complexity index is 1670. The molecule has 3 aromatic heterocycles. The van der Waals surface area contributed by atoms with Crippen molar-refractivity contribution in [2.75, 3.05) is 0 Å². The zero-order valence-corrected chi connectivity index (χ0v) is 22.4. The second kappa shape index (κ2) is 10.5. The average Bonchev–Trinajstić information content (AvgIpc) is 3.42. The number of furan rings is 1. The van der Waals surface area contributed by atoms with Crippen molar-refractivity contribution < 1.29 is 13.9 Å². The Balaban J connectivity index is 1.58. The third kappa shape index (κ3) is 5.31. The summed E-state index contributed by atoms with van der Waals surface area (Å²) in [7, 11) is 0. The van der Waals surface area contributed by atoms with Crippen molar-refractivity contribution in [3.8, 4) is 0 Å². The SMILES string of the molecule is CC1=C(C(=O)OC(C)C)[C@H](c2ccc(Cl)cc2)n2c(s/c(=C/c3ccc(Sc4ncccn4)o3)c2=O)=N1. The number of allylic oxidation sites excluding steroid dienone is 1. The molecule has 0 amide bonds. The number of benzene rings is 1. The molecule has 0 saturated carbocycles. The van der Waals surface area contributed by atoms with Crippen molar-refractivity contribution >= 4 is 46.7 Å². The molecule has 0 spiro atoms. The van der Waals surface area contributed by atoms with Gasteiger partial charge in [0.15, 0.2) is 15.1 Å². The quantitative estimate of drug-likeness (QED) is 0.258. The summed E-state index contributed by atoms with van der Waals surface area (Å²) in [5, 5.41) is 1.71. The van der Waals surface area contributed by atoms with Gasteiger partial charge in [-0.25, -0.2) is 19.8 Å². The van der Waals surface area contributed by atoms with Crippen molar-refractivity contribution in [2.45, 2.75) is 43.2 Å². The van der Waals surface area contributed by atoms with E-state index < -0.39 is 12.0 Å². The van der Waals surface area contributed by atoms with Crippen LogP contribution >= 0.6 is 34.7 Å². The number of ether oxygens (including phenoxy) is 1. The molecule has 0 radical (unpaired) electrons. The van der Waals surface area contributed by atoms with Gasteiger partial charge in [0.2, 0.25) is 0 Å². The van der Waals surface area contributed by atoms with Crippen molar-refractivity contribution in [3.63, 3.8) is 0 Å². The fraction of sp³-hybridized carbons (Fsp3) is 0.192. The zero-order chi connectivity index (χ0) is 26.1. The summed E-state index contributed by atoms with van der Waals surface area (Å²) >= 11 is 8.62. The van der Waals surface area contributed by atoms with E-state index in [4.69, 9.17) is 20.8 Å². The molecule has 4 heterocycles. The second-order valence-corrected chi connectivity index (χ2v) is 10.8. The normalized spacial score (nSPS) is 15.6. The molecule has 1 aromatic carbocycles. The molecule has 0 N–H and O–H groups in total. The summed E-state index contributed by atoms with van der Waals surface area (Å²) in [4.78, 5) is 40.2. The summed E-state index contributed by atoms with van der Waals surface area (Å²) in [5.74, 6) is -0.0109. The molecule has 1 aliphatic rings. The van der Waals surface area contributed by atoms with Gasteiger partial charge in [0.05, 0.1) is 27.9 Å². The van der Waals surface area contributed by atoms with E-state index in [0.717, 1.165) is 5.56 Å². The van der Waals surface area contributed by atoms with Crippen LogP contribution in [0.15, 0.2) is 90.6 Å². The minimum absolute atomic E-state index is 0.289. The van der Waals surface area contributed by atoms with Gasteiger partial charge in [-0.15, -0.1) is 0 Å². The number of rotatable bonds is 6. The van der Waals surface area contributed by atoms with Crippen molar-refractivity contribution in [1.29, 1.82) is 0 Å². The highest BCUT2D eigenvalue weighted by atomic mass is 35.5. The highest BCUT2D eigenvalue weighted by molar-refractivity contribution is 7.99. The van der Waals surface area contributed by atoms with E-state index in [9.17, 15) is 9.59 Å². The molecule has 1 atom stereocenters. The third-order valence-corrected chi connectivity index (χ3v) is 7.43. The summed E-state index contributed by atoms with van der Waals surface area (Å²) < 4.78 is 13.3. The lowest BCUT2D eigenvalue weighted by Crippen LogP contribution is -2.40. The Morgan fingerprint density at radius 2 is 1.92 bits per heavy atom. The number of carbonyl (C=O) groups excluding carboxylic acids is 1. The zero-order valence-electron chi connectivity index (χ0n) is 20.0. The number of aromatic nitrogens is 3. The Labute approximate surface area is 225 Å². The highest BCUT2D eigenvalue weighted by Crippen LogP contribution is 2.32. The first-order valence-electron chi connectivity index (χ1n) is 11.3. The molecule has 5 rings (SSSR count). The van der Waals surface area contributed by atoms with Gasteiger partial charge in [0.25, 0.3) is 5.56 Å². The first-order valence-corrected chi connectivity index (χ1v) is 13.3. The number of hydrogen-bond donors (Lipinski definition) is 0. The van der Waals surface area contributed by atoms with Gasteiger partial charge in [0, 0.05) is 23.5 Å². The summed E-state index contributed by atoms with van der Waals surface area (Å²) in [6.07, 6.45) is 4.66. The van der Waals surface area contributed by atoms with Crippen molar-refractivity contribution in [2.24, 2.45) is 4.99 Å². The Hall–Kier alpha value is -3.47. The van der Waals surface area contributed by atoms with Crippen LogP contribution in [0.1, 0.15) is 38.1 Å². The third-order valence-electron chi connectivity index (χ3n) is 5.38. The highest BCUT2D eigenvalue weighted by Gasteiger charge is 2.33. The first-order chi connectivity index (χ1) is 17.8. The molecular weight excluding hydrogens is 532 g/mol. The van der Waals surface area contributed by atoms with Crippen LogP contribution in [0, 0.1) is 0 Å². The summed E-state index contributed by atoms with van der Waals surface area (Å²) in [6.45, 7) is 5.30. The Kier molecular flexibility index (Phi) is 7.14. The van der Waals surface area contributed by atoms with Gasteiger partial charge >= 0.3 is 5.97 Å². The molecule has 8 nitrogen and oxygen atoms in total. The summed E-state index contributed by atoms with van der Waals surface area (Å²) in [5.41, 5.74) is 1.25. The maximum atomic E-state index is 13.7. The van der Waals surface area contributed by atoms with Crippen LogP contribution in [0.25, 0.3) is 6.08 Å². The van der Waals surface area contributed by atoms with Crippen LogP contribution in [-0.2, 0) is 9.53 Å². The smallest absolute Gasteiger partial charge is 0.338 e. The molecule has 37 heavy (non-hydrogen) atoms. The molecule has 0 bridgehead atoms. The second-order valence-electron chi connectivity index (χ2n) is 8.38. The van der Waals surface area contributed by atoms with Crippen LogP contribution in [0.3, 0.4) is 0 Å². The van der Waals surface area contributed by atoms with Gasteiger partial charge in [-0.05, 0) is 68.4 Å². The van der Waals surface area contributed by atoms with Crippen LogP contribution in [0.5, 0.6) is 0 Å². The Morgan fingerprint density at radius 3 is 2.62 bits per heavy atom. The molecule has 0 saturated heterocycles. The van der Waals surface area contributed by atoms with E-state index in [1.807, 2.05) is 0 Å². The lowest BCUT2D eigenvalue weighted by atomic mass is 9.96. The number of thiazole rings is 1. The minimum atomic E-state index is -0.708. The molecule has 11 heteroatoms. The lowest BCUT2D eigenvalue weighted by Gasteiger charge is -2.25. The molecule has 4 aromatic rings. The van der Waals surface area contributed by atoms with Crippen molar-refractivity contribution in [3.05, 3.63) is 102 Å². The maximum Gasteiger partial charge on any atom is 0.338 e. The molecule has 0 fully saturated rings. The van der Waals surface area contributed by atoms with Gasteiger partial charge in [-0.2, -0.15) is 0 Å². The number of fused-ring (bicyclic) bond motifs is 1. The number of hydrogen-bond acceptors (Lipinski definition) is 9. The van der Waals surface area contributed by atoms with E-state index in [-0.39, 0.29) is 11.7 Å². The first kappa shape index (κ1) is 25.2. The van der Waals surface area contributed by atoms with E-state index in [0.29, 0.717) is 41.6 Å². The average molecular weight is 553 g/mol. The molecule has 0 unspecified atom stereocenters. The van der Waals surface area contributed by atoms with Gasteiger partial charge in [-0.1, -0.05) is 35.1 Å². The van der Waals surface area contributed by atoms with E-state index in [1.54, 1.807) is 81.7 Å². The molecule has 1 aliphatic heterocycles. The molecular formula is C26H21ClN4O4S2. The predicted octanol–water partition coefficient (Wildman–Crippen LogP) is 4.37. The Morgan fingerprint density at radius 1 is 1.19 bits per heavy atom. The minimum Gasteiger partial charge on any atom is -0.459 e. The topological polar surface area (TPSA) is 99.6 Å². The number of nitrogens with zero attached hydrogens (tertiary/aromatic N) is 4. The van der Waals surface area contributed by atoms with E-state index in [1.165, 1.54) is 27.7 Å². The van der Waals surface area contributed by atoms with Gasteiger partial charge in [0.1, 0.15) is 5.76 Å². The van der Waals surface area contributed by atoms with E-state index in [2.05, 4.69) is 15.0 Å². The summed E-state index contributed by atoms with van der Waals surface area (Å²) in [6, 6.07) is 11.7. The predicted molar refractivity (Wildman–Crippen MR) is 141 cm³/mol. The van der Waals surface area contributed by atoms with Gasteiger partial charge < -0.3 is 9.15 Å². The van der Waals surface area contributed by atoms with Gasteiger partial charge in [-0.3, -0.25) is 9.36 Å². The molecule has 0 aliphatic carbocycles. The fourth-order valence-electron chi connectivity index (χ4n) is 3.84. The molecule has 188 valence electrons. The number of halogens is 1. The standard InChI is InChI=1S/C26H21ClN4O4S2/c1-14(2)34-24(33)21-15(3)30-26-31(22(21)16-5-7-17(27)8-6-16)23(32)19(36-26)13-18-9-10-20(35-18)37-25-28-11-4-12-29-25/h4-14,22H,1-3H3/b19-13+/t22-/m0/s1.